The first-order valence-electron chi connectivity index (χ1n) is 5.99. The number of nitrogen functional groups attached to an aromatic ring is 1. The van der Waals surface area contributed by atoms with E-state index in [1.54, 1.807) is 0 Å². The maximum Gasteiger partial charge on any atom is 0.269 e. The second kappa shape index (κ2) is 5.71. The van der Waals surface area contributed by atoms with E-state index in [9.17, 15) is 4.79 Å². The molecule has 0 fully saturated rings. The van der Waals surface area contributed by atoms with Gasteiger partial charge in [0.15, 0.2) is 5.13 Å². The van der Waals surface area contributed by atoms with Gasteiger partial charge >= 0.3 is 0 Å². The van der Waals surface area contributed by atoms with Crippen molar-refractivity contribution in [3.8, 4) is 0 Å². The summed E-state index contributed by atoms with van der Waals surface area (Å²) in [6.07, 6.45) is 0. The molecule has 6 heteroatoms. The number of hydrogen-bond acceptors (Lipinski definition) is 5. The van der Waals surface area contributed by atoms with Crippen LogP contribution in [0.3, 0.4) is 0 Å². The van der Waals surface area contributed by atoms with Crippen molar-refractivity contribution in [2.45, 2.75) is 13.8 Å². The van der Waals surface area contributed by atoms with Gasteiger partial charge in [-0.15, -0.1) is 0 Å². The summed E-state index contributed by atoms with van der Waals surface area (Å²) < 4.78 is 0. The Morgan fingerprint density at radius 3 is 2.84 bits per heavy atom. The highest BCUT2D eigenvalue weighted by atomic mass is 32.1. The van der Waals surface area contributed by atoms with E-state index in [2.05, 4.69) is 15.6 Å². The van der Waals surface area contributed by atoms with E-state index in [0.717, 1.165) is 17.8 Å². The standard InChI is InChI=1S/C13H16N4OS/c1-3-15-13-17-11(14)10(19-13)12(18)16-9-7-5-4-6-8(9)2/h4-7H,3,14H2,1-2H3,(H,15,17)(H,16,18). The smallest absolute Gasteiger partial charge is 0.269 e. The fourth-order valence-electron chi connectivity index (χ4n) is 1.61. The van der Waals surface area contributed by atoms with Gasteiger partial charge in [0.1, 0.15) is 10.7 Å². The molecule has 0 aliphatic rings. The Morgan fingerprint density at radius 1 is 1.42 bits per heavy atom. The van der Waals surface area contributed by atoms with Crippen molar-refractivity contribution in [3.63, 3.8) is 0 Å². The molecule has 4 N–H and O–H groups in total. The number of para-hydroxylation sites is 1. The van der Waals surface area contributed by atoms with Gasteiger partial charge in [-0.25, -0.2) is 4.98 Å². The van der Waals surface area contributed by atoms with E-state index >= 15 is 0 Å². The number of carbonyl (C=O) groups is 1. The topological polar surface area (TPSA) is 80.0 Å². The van der Waals surface area contributed by atoms with Crippen LogP contribution < -0.4 is 16.4 Å². The summed E-state index contributed by atoms with van der Waals surface area (Å²) in [5, 5.41) is 6.55. The molecule has 0 saturated heterocycles. The third-order valence-corrected chi connectivity index (χ3v) is 3.61. The molecular weight excluding hydrogens is 260 g/mol. The van der Waals surface area contributed by atoms with Crippen molar-refractivity contribution >= 4 is 33.9 Å². The monoisotopic (exact) mass is 276 g/mol. The molecule has 19 heavy (non-hydrogen) atoms. The second-order valence-electron chi connectivity index (χ2n) is 4.03. The van der Waals surface area contributed by atoms with E-state index in [-0.39, 0.29) is 11.7 Å². The lowest BCUT2D eigenvalue weighted by Gasteiger charge is -2.06. The number of anilines is 3. The van der Waals surface area contributed by atoms with Crippen LogP contribution in [0.15, 0.2) is 24.3 Å². The number of nitrogens with zero attached hydrogens (tertiary/aromatic N) is 1. The summed E-state index contributed by atoms with van der Waals surface area (Å²) in [6.45, 7) is 4.65. The number of benzene rings is 1. The predicted octanol–water partition coefficient (Wildman–Crippen LogP) is 2.72. The van der Waals surface area contributed by atoms with Crippen molar-refractivity contribution in [1.82, 2.24) is 4.98 Å². The number of nitrogens with one attached hydrogen (secondary N) is 2. The Hall–Kier alpha value is -2.08. The van der Waals surface area contributed by atoms with Crippen molar-refractivity contribution in [2.75, 3.05) is 22.9 Å². The summed E-state index contributed by atoms with van der Waals surface area (Å²) >= 11 is 1.26. The molecule has 1 heterocycles. The van der Waals surface area contributed by atoms with Gasteiger partial charge in [0.05, 0.1) is 0 Å². The van der Waals surface area contributed by atoms with Crippen LogP contribution >= 0.6 is 11.3 Å². The van der Waals surface area contributed by atoms with Crippen LogP contribution in [0.5, 0.6) is 0 Å². The van der Waals surface area contributed by atoms with Gasteiger partial charge < -0.3 is 16.4 Å². The van der Waals surface area contributed by atoms with Crippen LogP contribution in [-0.2, 0) is 0 Å². The zero-order valence-electron chi connectivity index (χ0n) is 10.9. The van der Waals surface area contributed by atoms with Crippen LogP contribution in [0.2, 0.25) is 0 Å². The molecular formula is C13H16N4OS. The Bertz CT molecular complexity index is 594. The molecule has 0 saturated carbocycles. The van der Waals surface area contributed by atoms with E-state index < -0.39 is 0 Å². The number of hydrogen-bond donors (Lipinski definition) is 3. The summed E-state index contributed by atoms with van der Waals surface area (Å²) in [5.74, 6) is 0.0282. The van der Waals surface area contributed by atoms with E-state index in [4.69, 9.17) is 5.73 Å². The Balaban J connectivity index is 2.18. The largest absolute Gasteiger partial charge is 0.382 e. The minimum absolute atomic E-state index is 0.228. The Labute approximate surface area is 115 Å². The van der Waals surface area contributed by atoms with Gasteiger partial charge in [0, 0.05) is 12.2 Å². The van der Waals surface area contributed by atoms with Gasteiger partial charge in [0.2, 0.25) is 0 Å². The van der Waals surface area contributed by atoms with Gasteiger partial charge in [-0.3, -0.25) is 4.79 Å². The molecule has 0 aliphatic heterocycles. The molecule has 1 amide bonds. The quantitative estimate of drug-likeness (QED) is 0.802. The maximum absolute atomic E-state index is 12.2. The number of aromatic nitrogens is 1. The van der Waals surface area contributed by atoms with Gasteiger partial charge in [-0.05, 0) is 25.5 Å². The average Bonchev–Trinajstić information content (AvgIpc) is 2.74. The molecule has 0 unspecified atom stereocenters. The molecule has 2 aromatic rings. The highest BCUT2D eigenvalue weighted by Gasteiger charge is 2.16. The molecule has 2 rings (SSSR count). The van der Waals surface area contributed by atoms with Crippen LogP contribution in [0.1, 0.15) is 22.2 Å². The molecule has 0 atom stereocenters. The summed E-state index contributed by atoms with van der Waals surface area (Å²) in [4.78, 5) is 16.7. The zero-order valence-corrected chi connectivity index (χ0v) is 11.7. The lowest BCUT2D eigenvalue weighted by molar-refractivity contribution is 0.103. The summed E-state index contributed by atoms with van der Waals surface area (Å²) in [7, 11) is 0. The third-order valence-electron chi connectivity index (χ3n) is 2.58. The van der Waals surface area contributed by atoms with Crippen LogP contribution in [-0.4, -0.2) is 17.4 Å². The number of carbonyl (C=O) groups excluding carboxylic acids is 1. The molecule has 0 aliphatic carbocycles. The number of nitrogens with two attached hydrogens (primary N) is 1. The van der Waals surface area contributed by atoms with Crippen molar-refractivity contribution in [1.29, 1.82) is 0 Å². The highest BCUT2D eigenvalue weighted by Crippen LogP contribution is 2.26. The molecule has 0 bridgehead atoms. The average molecular weight is 276 g/mol. The van der Waals surface area contributed by atoms with Crippen LogP contribution in [0.4, 0.5) is 16.6 Å². The minimum atomic E-state index is -0.228. The second-order valence-corrected chi connectivity index (χ2v) is 5.03. The molecule has 5 nitrogen and oxygen atoms in total. The van der Waals surface area contributed by atoms with E-state index in [1.807, 2.05) is 38.1 Å². The van der Waals surface area contributed by atoms with Gasteiger partial charge in [0.25, 0.3) is 5.91 Å². The lowest BCUT2D eigenvalue weighted by atomic mass is 10.2. The van der Waals surface area contributed by atoms with E-state index in [1.165, 1.54) is 11.3 Å². The van der Waals surface area contributed by atoms with Gasteiger partial charge in [-0.2, -0.15) is 0 Å². The lowest BCUT2D eigenvalue weighted by Crippen LogP contribution is -2.12. The molecule has 0 spiro atoms. The number of aryl methyl sites for hydroxylation is 1. The summed E-state index contributed by atoms with van der Waals surface area (Å²) in [6, 6.07) is 7.60. The van der Waals surface area contributed by atoms with Crippen molar-refractivity contribution < 1.29 is 4.79 Å². The first kappa shape index (κ1) is 13.4. The van der Waals surface area contributed by atoms with E-state index in [0.29, 0.717) is 10.0 Å². The maximum atomic E-state index is 12.2. The highest BCUT2D eigenvalue weighted by molar-refractivity contribution is 7.18. The summed E-state index contributed by atoms with van der Waals surface area (Å²) in [5.41, 5.74) is 7.55. The van der Waals surface area contributed by atoms with Gasteiger partial charge in [-0.1, -0.05) is 29.5 Å². The van der Waals surface area contributed by atoms with Crippen LogP contribution in [0.25, 0.3) is 0 Å². The number of thiazole rings is 1. The third kappa shape index (κ3) is 3.03. The first-order chi connectivity index (χ1) is 9.11. The molecule has 1 aromatic carbocycles. The first-order valence-corrected chi connectivity index (χ1v) is 6.80. The molecule has 0 radical (unpaired) electrons. The van der Waals surface area contributed by atoms with Crippen molar-refractivity contribution in [3.05, 3.63) is 34.7 Å². The normalized spacial score (nSPS) is 10.2. The SMILES string of the molecule is CCNc1nc(N)c(C(=O)Nc2ccccc2C)s1. The molecule has 100 valence electrons. The molecule has 1 aromatic heterocycles. The fourth-order valence-corrected chi connectivity index (χ4v) is 2.46. The van der Waals surface area contributed by atoms with Crippen molar-refractivity contribution in [2.24, 2.45) is 0 Å². The number of amides is 1. The van der Waals surface area contributed by atoms with Crippen LogP contribution in [0, 0.1) is 6.92 Å². The Kier molecular flexibility index (Phi) is 4.01. The zero-order chi connectivity index (χ0) is 13.8. The minimum Gasteiger partial charge on any atom is -0.382 e. The predicted molar refractivity (Wildman–Crippen MR) is 79.8 cm³/mol. The number of rotatable bonds is 4. The fraction of sp³-hybridized carbons (Fsp3) is 0.231. The Morgan fingerprint density at radius 2 is 2.16 bits per heavy atom.